The van der Waals surface area contributed by atoms with Crippen molar-refractivity contribution in [1.82, 2.24) is 9.97 Å². The molecule has 88 valence electrons. The topological polar surface area (TPSA) is 73.1 Å². The van der Waals surface area contributed by atoms with Crippen molar-refractivity contribution in [3.8, 4) is 0 Å². The minimum atomic E-state index is -0.0981. The summed E-state index contributed by atoms with van der Waals surface area (Å²) < 4.78 is 6.49. The number of nitrogen functional groups attached to an aromatic ring is 1. The van der Waals surface area contributed by atoms with Gasteiger partial charge in [-0.1, -0.05) is 0 Å². The Morgan fingerprint density at radius 2 is 2.50 bits per heavy atom. The molecule has 0 saturated carbocycles. The molecule has 1 aliphatic heterocycles. The minimum Gasteiger partial charge on any atom is -0.373 e. The van der Waals surface area contributed by atoms with Gasteiger partial charge in [-0.25, -0.2) is 4.98 Å². The zero-order chi connectivity index (χ0) is 11.6. The lowest BCUT2D eigenvalue weighted by molar-refractivity contribution is 0.0314. The fourth-order valence-corrected chi connectivity index (χ4v) is 2.08. The van der Waals surface area contributed by atoms with Crippen LogP contribution in [0.3, 0.4) is 0 Å². The lowest BCUT2D eigenvalue weighted by Gasteiger charge is -2.23. The van der Waals surface area contributed by atoms with Crippen molar-refractivity contribution >= 4 is 27.7 Å². The number of nitrogens with two attached hydrogens (primary N) is 1. The van der Waals surface area contributed by atoms with Gasteiger partial charge < -0.3 is 15.8 Å². The molecule has 1 atom stereocenters. The fourth-order valence-electron chi connectivity index (χ4n) is 1.75. The maximum Gasteiger partial charge on any atom is 0.221 e. The Balaban J connectivity index is 2.01. The van der Waals surface area contributed by atoms with Crippen LogP contribution in [0.1, 0.15) is 19.8 Å². The number of halogens is 1. The summed E-state index contributed by atoms with van der Waals surface area (Å²) in [5, 5.41) is 3.23. The molecule has 0 aliphatic carbocycles. The van der Waals surface area contributed by atoms with Crippen molar-refractivity contribution in [3.63, 3.8) is 0 Å². The standard InChI is InChI=1S/C10H15BrN4O/c1-10(3-2-4-16-10)6-14-8-7(11)5-13-9(12)15-8/h5H,2-4,6H2,1H3,(H3,12,13,14,15). The highest BCUT2D eigenvalue weighted by molar-refractivity contribution is 9.10. The van der Waals surface area contributed by atoms with E-state index in [0.29, 0.717) is 5.82 Å². The number of anilines is 2. The van der Waals surface area contributed by atoms with Crippen LogP contribution in [-0.4, -0.2) is 28.7 Å². The molecule has 0 amide bonds. The lowest BCUT2D eigenvalue weighted by Crippen LogP contribution is -2.32. The Morgan fingerprint density at radius 3 is 3.19 bits per heavy atom. The second-order valence-corrected chi connectivity index (χ2v) is 5.03. The van der Waals surface area contributed by atoms with Crippen LogP contribution in [-0.2, 0) is 4.74 Å². The fraction of sp³-hybridized carbons (Fsp3) is 0.600. The van der Waals surface area contributed by atoms with Gasteiger partial charge in [0.1, 0.15) is 5.82 Å². The molecule has 16 heavy (non-hydrogen) atoms. The quantitative estimate of drug-likeness (QED) is 0.887. The Kier molecular flexibility index (Phi) is 3.30. The van der Waals surface area contributed by atoms with Crippen LogP contribution in [0.5, 0.6) is 0 Å². The van der Waals surface area contributed by atoms with Gasteiger partial charge in [-0.2, -0.15) is 4.98 Å². The van der Waals surface area contributed by atoms with E-state index in [1.807, 2.05) is 0 Å². The first-order chi connectivity index (χ1) is 7.59. The molecule has 2 heterocycles. The monoisotopic (exact) mass is 286 g/mol. The van der Waals surface area contributed by atoms with Crippen LogP contribution in [0.2, 0.25) is 0 Å². The first kappa shape index (κ1) is 11.6. The highest BCUT2D eigenvalue weighted by Gasteiger charge is 2.29. The summed E-state index contributed by atoms with van der Waals surface area (Å²) in [5.74, 6) is 0.979. The maximum atomic E-state index is 5.68. The second kappa shape index (κ2) is 4.55. The van der Waals surface area contributed by atoms with E-state index < -0.39 is 0 Å². The van der Waals surface area contributed by atoms with Crippen molar-refractivity contribution < 1.29 is 4.74 Å². The molecule has 2 rings (SSSR count). The molecule has 3 N–H and O–H groups in total. The first-order valence-corrected chi connectivity index (χ1v) is 6.04. The summed E-state index contributed by atoms with van der Waals surface area (Å²) >= 11 is 3.37. The van der Waals surface area contributed by atoms with Gasteiger partial charge in [0.2, 0.25) is 5.95 Å². The zero-order valence-electron chi connectivity index (χ0n) is 9.16. The highest BCUT2D eigenvalue weighted by atomic mass is 79.9. The molecule has 1 aromatic heterocycles. The summed E-state index contributed by atoms with van der Waals surface area (Å²) in [7, 11) is 0. The summed E-state index contributed by atoms with van der Waals surface area (Å²) in [4.78, 5) is 8.00. The number of hydrogen-bond donors (Lipinski definition) is 2. The molecule has 0 bridgehead atoms. The van der Waals surface area contributed by atoms with E-state index in [0.717, 1.165) is 30.5 Å². The average molecular weight is 287 g/mol. The van der Waals surface area contributed by atoms with E-state index in [2.05, 4.69) is 38.1 Å². The molecule has 6 heteroatoms. The van der Waals surface area contributed by atoms with Gasteiger partial charge in [0.15, 0.2) is 0 Å². The SMILES string of the molecule is CC1(CNc2nc(N)ncc2Br)CCCO1. The molecule has 1 unspecified atom stereocenters. The average Bonchev–Trinajstić information content (AvgIpc) is 2.67. The van der Waals surface area contributed by atoms with Crippen LogP contribution in [0.15, 0.2) is 10.7 Å². The van der Waals surface area contributed by atoms with Crippen LogP contribution in [0, 0.1) is 0 Å². The number of ether oxygens (including phenoxy) is 1. The highest BCUT2D eigenvalue weighted by Crippen LogP contribution is 2.26. The Hall–Kier alpha value is -0.880. The predicted octanol–water partition coefficient (Wildman–Crippen LogP) is 1.80. The smallest absolute Gasteiger partial charge is 0.221 e. The normalized spacial score (nSPS) is 24.6. The number of aromatic nitrogens is 2. The van der Waals surface area contributed by atoms with Crippen LogP contribution in [0.25, 0.3) is 0 Å². The maximum absolute atomic E-state index is 5.68. The van der Waals surface area contributed by atoms with Gasteiger partial charge in [0.05, 0.1) is 10.1 Å². The van der Waals surface area contributed by atoms with Crippen molar-refractivity contribution in [1.29, 1.82) is 0 Å². The third kappa shape index (κ3) is 2.62. The minimum absolute atomic E-state index is 0.0981. The molecule has 1 fully saturated rings. The summed E-state index contributed by atoms with van der Waals surface area (Å²) in [6, 6.07) is 0. The molecule has 5 nitrogen and oxygen atoms in total. The van der Waals surface area contributed by atoms with Gasteiger partial charge in [-0.05, 0) is 35.7 Å². The van der Waals surface area contributed by atoms with Crippen LogP contribution >= 0.6 is 15.9 Å². The third-order valence-corrected chi connectivity index (χ3v) is 3.27. The van der Waals surface area contributed by atoms with Crippen molar-refractivity contribution in [2.45, 2.75) is 25.4 Å². The van der Waals surface area contributed by atoms with Gasteiger partial charge in [0, 0.05) is 19.3 Å². The third-order valence-electron chi connectivity index (χ3n) is 2.69. The summed E-state index contributed by atoms with van der Waals surface area (Å²) in [6.45, 7) is 3.67. The molecule has 0 radical (unpaired) electrons. The lowest BCUT2D eigenvalue weighted by atomic mass is 10.0. The first-order valence-electron chi connectivity index (χ1n) is 5.25. The van der Waals surface area contributed by atoms with Crippen molar-refractivity contribution in [2.75, 3.05) is 24.2 Å². The predicted molar refractivity (Wildman–Crippen MR) is 66.2 cm³/mol. The van der Waals surface area contributed by atoms with E-state index >= 15 is 0 Å². The number of hydrogen-bond acceptors (Lipinski definition) is 5. The van der Waals surface area contributed by atoms with Crippen LogP contribution in [0.4, 0.5) is 11.8 Å². The Labute approximate surface area is 103 Å². The summed E-state index contributed by atoms with van der Waals surface area (Å²) in [5.41, 5.74) is 5.43. The summed E-state index contributed by atoms with van der Waals surface area (Å²) in [6.07, 6.45) is 3.83. The molecular weight excluding hydrogens is 272 g/mol. The van der Waals surface area contributed by atoms with Gasteiger partial charge in [-0.3, -0.25) is 0 Å². The Morgan fingerprint density at radius 1 is 1.69 bits per heavy atom. The van der Waals surface area contributed by atoms with E-state index in [9.17, 15) is 0 Å². The van der Waals surface area contributed by atoms with Gasteiger partial charge >= 0.3 is 0 Å². The molecule has 0 aromatic carbocycles. The van der Waals surface area contributed by atoms with E-state index in [4.69, 9.17) is 10.5 Å². The zero-order valence-corrected chi connectivity index (χ0v) is 10.7. The molecule has 1 saturated heterocycles. The Bertz CT molecular complexity index is 379. The second-order valence-electron chi connectivity index (χ2n) is 4.18. The molecule has 1 aromatic rings. The number of nitrogens with one attached hydrogen (secondary N) is 1. The van der Waals surface area contributed by atoms with Crippen molar-refractivity contribution in [2.24, 2.45) is 0 Å². The number of rotatable bonds is 3. The van der Waals surface area contributed by atoms with Crippen LogP contribution < -0.4 is 11.1 Å². The van der Waals surface area contributed by atoms with Crippen molar-refractivity contribution in [3.05, 3.63) is 10.7 Å². The van der Waals surface area contributed by atoms with E-state index in [-0.39, 0.29) is 11.5 Å². The molecular formula is C10H15BrN4O. The largest absolute Gasteiger partial charge is 0.373 e. The van der Waals surface area contributed by atoms with Gasteiger partial charge in [0.25, 0.3) is 0 Å². The van der Waals surface area contributed by atoms with E-state index in [1.165, 1.54) is 0 Å². The van der Waals surface area contributed by atoms with E-state index in [1.54, 1.807) is 6.20 Å². The molecule has 1 aliphatic rings. The molecule has 0 spiro atoms. The number of nitrogens with zero attached hydrogens (tertiary/aromatic N) is 2. The van der Waals surface area contributed by atoms with Gasteiger partial charge in [-0.15, -0.1) is 0 Å².